The van der Waals surface area contributed by atoms with E-state index in [1.807, 2.05) is 20.8 Å². The average Bonchev–Trinajstić information content (AvgIpc) is 1.94. The van der Waals surface area contributed by atoms with Crippen LogP contribution in [0, 0.1) is 0 Å². The lowest BCUT2D eigenvalue weighted by Gasteiger charge is -2.20. The Kier molecular flexibility index (Phi) is 3.91. The average molecular weight is 298 g/mol. The number of rotatable bonds is 2. The first kappa shape index (κ1) is 14.5. The van der Waals surface area contributed by atoms with Gasteiger partial charge in [-0.05, 0) is 20.8 Å². The van der Waals surface area contributed by atoms with Crippen LogP contribution in [0.25, 0.3) is 0 Å². The summed E-state index contributed by atoms with van der Waals surface area (Å²) in [6.45, 7) is 5.72. The summed E-state index contributed by atoms with van der Waals surface area (Å²) in [6.07, 6.45) is 1.00. The van der Waals surface area contributed by atoms with E-state index in [0.29, 0.717) is 0 Å². The van der Waals surface area contributed by atoms with E-state index in [1.54, 1.807) is 0 Å². The number of hydrogen-bond acceptors (Lipinski definition) is 5. The topological polar surface area (TPSA) is 72.0 Å². The Hall–Kier alpha value is -0.590. The highest BCUT2D eigenvalue weighted by atomic mass is 35.5. The van der Waals surface area contributed by atoms with Gasteiger partial charge < -0.3 is 5.32 Å². The number of hydrogen-bond donors (Lipinski definition) is 1. The van der Waals surface area contributed by atoms with Crippen molar-refractivity contribution < 1.29 is 8.42 Å². The van der Waals surface area contributed by atoms with E-state index in [-0.39, 0.29) is 26.7 Å². The quantitative estimate of drug-likeness (QED) is 0.849. The van der Waals surface area contributed by atoms with Crippen LogP contribution in [-0.2, 0) is 9.84 Å². The van der Waals surface area contributed by atoms with Crippen molar-refractivity contribution in [3.05, 3.63) is 10.3 Å². The molecule has 1 N–H and O–H groups in total. The molecule has 0 radical (unpaired) electrons. The standard InChI is InChI=1S/C9H13Cl2N3O2S/c1-9(2,3)14-8-12-6(10)5(7(11)13-8)17(4,15)16/h1-4H3,(H,12,13,14). The Morgan fingerprint density at radius 2 is 1.53 bits per heavy atom. The summed E-state index contributed by atoms with van der Waals surface area (Å²) in [7, 11) is -3.54. The smallest absolute Gasteiger partial charge is 0.226 e. The van der Waals surface area contributed by atoms with Crippen molar-refractivity contribution >= 4 is 39.0 Å². The zero-order valence-corrected chi connectivity index (χ0v) is 12.2. The molecule has 0 fully saturated rings. The van der Waals surface area contributed by atoms with Crippen LogP contribution in [0.4, 0.5) is 5.95 Å². The van der Waals surface area contributed by atoms with Crippen LogP contribution < -0.4 is 5.32 Å². The molecule has 0 saturated carbocycles. The van der Waals surface area contributed by atoms with Gasteiger partial charge >= 0.3 is 0 Å². The second-order valence-electron chi connectivity index (χ2n) is 4.61. The Labute approximate surface area is 110 Å². The minimum Gasteiger partial charge on any atom is -0.350 e. The van der Waals surface area contributed by atoms with Crippen LogP contribution >= 0.6 is 23.2 Å². The van der Waals surface area contributed by atoms with Gasteiger partial charge in [0.15, 0.2) is 20.1 Å². The fourth-order valence-corrected chi connectivity index (χ4v) is 3.03. The lowest BCUT2D eigenvalue weighted by Crippen LogP contribution is -2.27. The van der Waals surface area contributed by atoms with Crippen molar-refractivity contribution in [2.24, 2.45) is 0 Å². The van der Waals surface area contributed by atoms with Gasteiger partial charge in [0.2, 0.25) is 5.95 Å². The molecule has 0 unspecified atom stereocenters. The Morgan fingerprint density at radius 3 is 1.82 bits per heavy atom. The molecule has 1 aromatic rings. The molecule has 0 aliphatic carbocycles. The molecule has 17 heavy (non-hydrogen) atoms. The number of nitrogens with one attached hydrogen (secondary N) is 1. The van der Waals surface area contributed by atoms with E-state index < -0.39 is 9.84 Å². The van der Waals surface area contributed by atoms with E-state index in [9.17, 15) is 8.42 Å². The van der Waals surface area contributed by atoms with E-state index in [0.717, 1.165) is 6.26 Å². The van der Waals surface area contributed by atoms with Crippen molar-refractivity contribution in [3.8, 4) is 0 Å². The minimum absolute atomic E-state index is 0.181. The van der Waals surface area contributed by atoms with E-state index in [1.165, 1.54) is 0 Å². The summed E-state index contributed by atoms with van der Waals surface area (Å²) in [6, 6.07) is 0. The Balaban J connectivity index is 3.29. The summed E-state index contributed by atoms with van der Waals surface area (Å²) in [5.41, 5.74) is -0.279. The molecule has 0 atom stereocenters. The fourth-order valence-electron chi connectivity index (χ4n) is 1.09. The maximum absolute atomic E-state index is 11.4. The molecule has 0 aromatic carbocycles. The number of anilines is 1. The number of nitrogens with zero attached hydrogens (tertiary/aromatic N) is 2. The largest absolute Gasteiger partial charge is 0.350 e. The third-order valence-electron chi connectivity index (χ3n) is 1.64. The van der Waals surface area contributed by atoms with Crippen molar-refractivity contribution in [3.63, 3.8) is 0 Å². The highest BCUT2D eigenvalue weighted by Gasteiger charge is 2.22. The summed E-state index contributed by atoms with van der Waals surface area (Å²) >= 11 is 11.6. The maximum Gasteiger partial charge on any atom is 0.226 e. The minimum atomic E-state index is -3.54. The van der Waals surface area contributed by atoms with Crippen LogP contribution in [-0.4, -0.2) is 30.2 Å². The van der Waals surface area contributed by atoms with Crippen molar-refractivity contribution in [2.75, 3.05) is 11.6 Å². The van der Waals surface area contributed by atoms with Crippen LogP contribution in [0.3, 0.4) is 0 Å². The lowest BCUT2D eigenvalue weighted by atomic mass is 10.1. The molecule has 0 spiro atoms. The van der Waals surface area contributed by atoms with Gasteiger partial charge in [-0.25, -0.2) is 8.42 Å². The molecule has 0 aliphatic rings. The molecule has 0 bridgehead atoms. The number of sulfone groups is 1. The van der Waals surface area contributed by atoms with Crippen LogP contribution in [0.2, 0.25) is 10.3 Å². The molecule has 5 nitrogen and oxygen atoms in total. The predicted molar refractivity (Wildman–Crippen MR) is 68.5 cm³/mol. The normalized spacial score (nSPS) is 12.6. The predicted octanol–water partition coefficient (Wildman–Crippen LogP) is 2.40. The first-order valence-corrected chi connectivity index (χ1v) is 7.37. The van der Waals surface area contributed by atoms with Crippen LogP contribution in [0.15, 0.2) is 4.90 Å². The molecule has 0 aliphatic heterocycles. The van der Waals surface area contributed by atoms with Crippen LogP contribution in [0.5, 0.6) is 0 Å². The summed E-state index contributed by atoms with van der Waals surface area (Å²) in [5.74, 6) is 0.194. The van der Waals surface area contributed by atoms with E-state index in [2.05, 4.69) is 15.3 Å². The Bertz CT molecular complexity index is 515. The third-order valence-corrected chi connectivity index (χ3v) is 3.54. The third kappa shape index (κ3) is 3.97. The van der Waals surface area contributed by atoms with E-state index in [4.69, 9.17) is 23.2 Å². The Morgan fingerprint density at radius 1 is 1.12 bits per heavy atom. The van der Waals surface area contributed by atoms with Gasteiger partial charge in [-0.3, -0.25) is 0 Å². The zero-order valence-electron chi connectivity index (χ0n) is 9.88. The molecule has 1 heterocycles. The first-order valence-electron chi connectivity index (χ1n) is 4.72. The van der Waals surface area contributed by atoms with Crippen molar-refractivity contribution in [1.29, 1.82) is 0 Å². The van der Waals surface area contributed by atoms with E-state index >= 15 is 0 Å². The highest BCUT2D eigenvalue weighted by Crippen LogP contribution is 2.28. The van der Waals surface area contributed by atoms with Gasteiger partial charge in [0.1, 0.15) is 4.90 Å². The summed E-state index contributed by atoms with van der Waals surface area (Å²) < 4.78 is 22.8. The number of halogens is 2. The molecular weight excluding hydrogens is 285 g/mol. The summed E-state index contributed by atoms with van der Waals surface area (Å²) in [4.78, 5) is 7.48. The molecule has 0 saturated heterocycles. The number of aromatic nitrogens is 2. The molecule has 0 amide bonds. The van der Waals surface area contributed by atoms with Gasteiger partial charge in [0.05, 0.1) is 0 Å². The fraction of sp³-hybridized carbons (Fsp3) is 0.556. The molecule has 1 aromatic heterocycles. The molecule has 8 heteroatoms. The second kappa shape index (κ2) is 4.59. The van der Waals surface area contributed by atoms with Gasteiger partial charge in [-0.2, -0.15) is 9.97 Å². The van der Waals surface area contributed by atoms with Gasteiger partial charge in [-0.1, -0.05) is 23.2 Å². The monoisotopic (exact) mass is 297 g/mol. The van der Waals surface area contributed by atoms with Crippen LogP contribution in [0.1, 0.15) is 20.8 Å². The molecule has 1 rings (SSSR count). The first-order chi connectivity index (χ1) is 7.50. The van der Waals surface area contributed by atoms with Gasteiger partial charge in [0, 0.05) is 11.8 Å². The zero-order chi connectivity index (χ0) is 13.4. The van der Waals surface area contributed by atoms with Crippen molar-refractivity contribution in [1.82, 2.24) is 9.97 Å². The molecule has 96 valence electrons. The van der Waals surface area contributed by atoms with Crippen molar-refractivity contribution in [2.45, 2.75) is 31.2 Å². The van der Waals surface area contributed by atoms with Gasteiger partial charge in [0.25, 0.3) is 0 Å². The SMILES string of the molecule is CC(C)(C)Nc1nc(Cl)c(S(C)(=O)=O)c(Cl)n1. The van der Waals surface area contributed by atoms with Gasteiger partial charge in [-0.15, -0.1) is 0 Å². The second-order valence-corrected chi connectivity index (χ2v) is 7.27. The summed E-state index contributed by atoms with van der Waals surface area (Å²) in [5, 5.41) is 2.59. The highest BCUT2D eigenvalue weighted by molar-refractivity contribution is 7.91. The molecular formula is C9H13Cl2N3O2S. The maximum atomic E-state index is 11.4. The lowest BCUT2D eigenvalue weighted by molar-refractivity contribution is 0.600.